The lowest BCUT2D eigenvalue weighted by Crippen LogP contribution is -2.11. The smallest absolute Gasteiger partial charge is 0.339 e. The number of nitriles is 1. The Hall–Kier alpha value is -0.980. The number of nitrogens with zero attached hydrogens (tertiary/aromatic N) is 1. The summed E-state index contributed by atoms with van der Waals surface area (Å²) >= 11 is 11.7. The zero-order valence-corrected chi connectivity index (χ0v) is 10.9. The molecule has 0 unspecified atom stereocenters. The van der Waals surface area contributed by atoms with Gasteiger partial charge in [-0.25, -0.2) is 4.79 Å². The van der Waals surface area contributed by atoms with Crippen LogP contribution in [-0.2, 0) is 9.53 Å². The minimum absolute atomic E-state index is 0.0214. The number of halogens is 2. The molecular formula is C11H13Cl2NO2. The van der Waals surface area contributed by atoms with Crippen LogP contribution in [0.4, 0.5) is 0 Å². The topological polar surface area (TPSA) is 50.1 Å². The Bertz CT molecular complexity index is 370. The number of carbonyl (C=O) groups is 1. The third-order valence-corrected chi connectivity index (χ3v) is 2.21. The SMILES string of the molecule is CCOC(=O)C(=C(C)Cl)C(CC#N)=C(C)Cl. The molecule has 0 bridgehead atoms. The van der Waals surface area contributed by atoms with Crippen LogP contribution in [0.1, 0.15) is 27.2 Å². The van der Waals surface area contributed by atoms with Gasteiger partial charge in [-0.1, -0.05) is 23.2 Å². The highest BCUT2D eigenvalue weighted by atomic mass is 35.5. The first-order chi connectivity index (χ1) is 7.45. The first-order valence-electron chi connectivity index (χ1n) is 4.71. The van der Waals surface area contributed by atoms with Gasteiger partial charge in [0, 0.05) is 10.1 Å². The highest BCUT2D eigenvalue weighted by Crippen LogP contribution is 2.26. The minimum Gasteiger partial charge on any atom is -0.462 e. The average Bonchev–Trinajstić information content (AvgIpc) is 2.16. The van der Waals surface area contributed by atoms with Crippen LogP contribution in [-0.4, -0.2) is 12.6 Å². The number of hydrogen-bond donors (Lipinski definition) is 0. The third kappa shape index (κ3) is 4.26. The molecule has 0 N–H and O–H groups in total. The summed E-state index contributed by atoms with van der Waals surface area (Å²) in [6.07, 6.45) is 0.0214. The van der Waals surface area contributed by atoms with E-state index in [1.807, 2.05) is 6.07 Å². The monoisotopic (exact) mass is 261 g/mol. The molecule has 0 aliphatic carbocycles. The summed E-state index contributed by atoms with van der Waals surface area (Å²) in [5, 5.41) is 9.30. The van der Waals surface area contributed by atoms with Gasteiger partial charge in [0.25, 0.3) is 0 Å². The van der Waals surface area contributed by atoms with Crippen molar-refractivity contribution in [2.45, 2.75) is 27.2 Å². The Balaban J connectivity index is 5.40. The fourth-order valence-corrected chi connectivity index (χ4v) is 1.49. The molecule has 0 fully saturated rings. The van der Waals surface area contributed by atoms with E-state index < -0.39 is 5.97 Å². The molecule has 88 valence electrons. The van der Waals surface area contributed by atoms with Crippen LogP contribution in [0.5, 0.6) is 0 Å². The van der Waals surface area contributed by atoms with E-state index >= 15 is 0 Å². The largest absolute Gasteiger partial charge is 0.462 e. The molecule has 0 atom stereocenters. The Kier molecular flexibility index (Phi) is 6.87. The highest BCUT2D eigenvalue weighted by Gasteiger charge is 2.20. The Morgan fingerprint density at radius 1 is 1.31 bits per heavy atom. The normalized spacial score (nSPS) is 13.5. The molecule has 0 aliphatic heterocycles. The number of esters is 1. The Morgan fingerprint density at radius 3 is 2.19 bits per heavy atom. The van der Waals surface area contributed by atoms with E-state index in [9.17, 15) is 4.79 Å². The van der Waals surface area contributed by atoms with E-state index in [4.69, 9.17) is 33.2 Å². The van der Waals surface area contributed by atoms with Crippen LogP contribution >= 0.6 is 23.2 Å². The van der Waals surface area contributed by atoms with Crippen molar-refractivity contribution in [1.82, 2.24) is 0 Å². The van der Waals surface area contributed by atoms with Gasteiger partial charge in [-0.05, 0) is 26.3 Å². The molecule has 16 heavy (non-hydrogen) atoms. The average molecular weight is 262 g/mol. The maximum absolute atomic E-state index is 11.6. The summed E-state index contributed by atoms with van der Waals surface area (Å²) in [4.78, 5) is 11.6. The lowest BCUT2D eigenvalue weighted by molar-refractivity contribution is -0.138. The summed E-state index contributed by atoms with van der Waals surface area (Å²) in [6.45, 7) is 5.10. The van der Waals surface area contributed by atoms with E-state index in [0.29, 0.717) is 10.6 Å². The predicted octanol–water partition coefficient (Wildman–Crippen LogP) is 3.49. The second-order valence-corrected chi connectivity index (χ2v) is 4.11. The first kappa shape index (κ1) is 15.0. The van der Waals surface area contributed by atoms with Gasteiger partial charge in [0.05, 0.1) is 24.7 Å². The molecule has 0 heterocycles. The van der Waals surface area contributed by atoms with Crippen molar-refractivity contribution in [3.63, 3.8) is 0 Å². The van der Waals surface area contributed by atoms with E-state index in [0.717, 1.165) is 0 Å². The molecule has 0 aliphatic rings. The molecule has 0 aromatic heterocycles. The van der Waals surface area contributed by atoms with Crippen molar-refractivity contribution in [3.05, 3.63) is 21.2 Å². The van der Waals surface area contributed by atoms with Crippen molar-refractivity contribution < 1.29 is 9.53 Å². The Morgan fingerprint density at radius 2 is 1.88 bits per heavy atom. The lowest BCUT2D eigenvalue weighted by atomic mass is 10.0. The molecular weight excluding hydrogens is 249 g/mol. The molecule has 0 aromatic carbocycles. The van der Waals surface area contributed by atoms with Gasteiger partial charge < -0.3 is 4.74 Å². The van der Waals surface area contributed by atoms with E-state index in [2.05, 4.69) is 0 Å². The summed E-state index contributed by atoms with van der Waals surface area (Å²) in [5.41, 5.74) is 0.590. The number of ether oxygens (including phenoxy) is 1. The third-order valence-electron chi connectivity index (χ3n) is 1.80. The van der Waals surface area contributed by atoms with Crippen molar-refractivity contribution in [1.29, 1.82) is 5.26 Å². The van der Waals surface area contributed by atoms with E-state index in [-0.39, 0.29) is 23.6 Å². The molecule has 0 amide bonds. The standard InChI is InChI=1S/C11H13Cl2NO2/c1-4-16-11(15)10(8(3)13)9(5-6-14)7(2)12/h4-5H2,1-3H3. The molecule has 0 saturated carbocycles. The fourth-order valence-electron chi connectivity index (χ4n) is 1.14. The van der Waals surface area contributed by atoms with Crippen molar-refractivity contribution >= 4 is 29.2 Å². The van der Waals surface area contributed by atoms with Gasteiger partial charge in [0.15, 0.2) is 0 Å². The second-order valence-electron chi connectivity index (χ2n) is 2.98. The van der Waals surface area contributed by atoms with Crippen LogP contribution in [0, 0.1) is 11.3 Å². The first-order valence-corrected chi connectivity index (χ1v) is 5.47. The number of rotatable bonds is 4. The zero-order chi connectivity index (χ0) is 12.7. The summed E-state index contributed by atoms with van der Waals surface area (Å²) in [6, 6.07) is 1.94. The fraction of sp³-hybridized carbons (Fsp3) is 0.455. The zero-order valence-electron chi connectivity index (χ0n) is 9.43. The second kappa shape index (κ2) is 7.32. The molecule has 0 rings (SSSR count). The number of hydrogen-bond acceptors (Lipinski definition) is 3. The van der Waals surface area contributed by atoms with Crippen LogP contribution < -0.4 is 0 Å². The molecule has 0 spiro atoms. The van der Waals surface area contributed by atoms with Gasteiger partial charge in [0.1, 0.15) is 0 Å². The summed E-state index contributed by atoms with van der Waals surface area (Å²) < 4.78 is 4.86. The predicted molar refractivity (Wildman–Crippen MR) is 64.0 cm³/mol. The van der Waals surface area contributed by atoms with Crippen molar-refractivity contribution in [2.75, 3.05) is 6.61 Å². The van der Waals surface area contributed by atoms with Gasteiger partial charge in [0.2, 0.25) is 0 Å². The van der Waals surface area contributed by atoms with E-state index in [1.54, 1.807) is 20.8 Å². The van der Waals surface area contributed by atoms with Crippen LogP contribution in [0.3, 0.4) is 0 Å². The van der Waals surface area contributed by atoms with Gasteiger partial charge >= 0.3 is 5.97 Å². The summed E-state index contributed by atoms with van der Waals surface area (Å²) in [5.74, 6) is -0.555. The number of carbonyl (C=O) groups excluding carboxylic acids is 1. The maximum Gasteiger partial charge on any atom is 0.339 e. The van der Waals surface area contributed by atoms with Gasteiger partial charge in [-0.2, -0.15) is 5.26 Å². The lowest BCUT2D eigenvalue weighted by Gasteiger charge is -2.10. The molecule has 0 saturated heterocycles. The van der Waals surface area contributed by atoms with Crippen LogP contribution in [0.15, 0.2) is 21.2 Å². The molecule has 3 nitrogen and oxygen atoms in total. The minimum atomic E-state index is -0.555. The van der Waals surface area contributed by atoms with Crippen molar-refractivity contribution in [3.8, 4) is 6.07 Å². The van der Waals surface area contributed by atoms with Crippen molar-refractivity contribution in [2.24, 2.45) is 0 Å². The van der Waals surface area contributed by atoms with Crippen LogP contribution in [0.25, 0.3) is 0 Å². The maximum atomic E-state index is 11.6. The van der Waals surface area contributed by atoms with Crippen LogP contribution in [0.2, 0.25) is 0 Å². The van der Waals surface area contributed by atoms with Gasteiger partial charge in [-0.15, -0.1) is 0 Å². The highest BCUT2D eigenvalue weighted by molar-refractivity contribution is 6.33. The molecule has 0 radical (unpaired) electrons. The molecule has 0 aromatic rings. The number of allylic oxidation sites excluding steroid dienone is 2. The van der Waals surface area contributed by atoms with E-state index in [1.165, 1.54) is 0 Å². The quantitative estimate of drug-likeness (QED) is 0.442. The summed E-state index contributed by atoms with van der Waals surface area (Å²) in [7, 11) is 0. The Labute approximate surface area is 105 Å². The van der Waals surface area contributed by atoms with Gasteiger partial charge in [-0.3, -0.25) is 0 Å². The molecule has 5 heteroatoms.